The first-order valence-corrected chi connectivity index (χ1v) is 9.11. The summed E-state index contributed by atoms with van der Waals surface area (Å²) in [4.78, 5) is 32.9. The maximum atomic E-state index is 12.3. The van der Waals surface area contributed by atoms with E-state index in [0.29, 0.717) is 37.5 Å². The van der Waals surface area contributed by atoms with Gasteiger partial charge in [0.2, 0.25) is 0 Å². The third-order valence-electron chi connectivity index (χ3n) is 4.66. The molecule has 0 atom stereocenters. The quantitative estimate of drug-likeness (QED) is 0.757. The second-order valence-electron chi connectivity index (χ2n) is 6.48. The number of carbonyl (C=O) groups excluding carboxylic acids is 2. The zero-order chi connectivity index (χ0) is 19.3. The highest BCUT2D eigenvalue weighted by molar-refractivity contribution is 6.04. The van der Waals surface area contributed by atoms with Crippen LogP contribution in [-0.2, 0) is 0 Å². The first-order valence-electron chi connectivity index (χ1n) is 9.11. The fraction of sp³-hybridized carbons (Fsp3) is 0.190. The molecule has 142 valence electrons. The van der Waals surface area contributed by atoms with E-state index >= 15 is 0 Å². The highest BCUT2D eigenvalue weighted by Gasteiger charge is 2.24. The zero-order valence-corrected chi connectivity index (χ0v) is 15.2. The van der Waals surface area contributed by atoms with Crippen molar-refractivity contribution in [2.75, 3.05) is 36.4 Å². The molecule has 1 aliphatic rings. The summed E-state index contributed by atoms with van der Waals surface area (Å²) in [5.74, 6) is 0.867. The van der Waals surface area contributed by atoms with Gasteiger partial charge in [0, 0.05) is 38.1 Å². The van der Waals surface area contributed by atoms with Gasteiger partial charge < -0.3 is 19.5 Å². The summed E-state index contributed by atoms with van der Waals surface area (Å²) in [6, 6.07) is 16.3. The molecule has 28 heavy (non-hydrogen) atoms. The van der Waals surface area contributed by atoms with Gasteiger partial charge in [0.15, 0.2) is 5.76 Å². The number of hydrogen-bond acceptors (Lipinski definition) is 5. The Bertz CT molecular complexity index is 932. The summed E-state index contributed by atoms with van der Waals surface area (Å²) in [6.07, 6.45) is 3.08. The monoisotopic (exact) mass is 376 g/mol. The number of nitrogens with zero attached hydrogens (tertiary/aromatic N) is 3. The lowest BCUT2D eigenvalue weighted by Gasteiger charge is -2.35. The van der Waals surface area contributed by atoms with Crippen molar-refractivity contribution in [1.29, 1.82) is 0 Å². The third-order valence-corrected chi connectivity index (χ3v) is 4.66. The van der Waals surface area contributed by atoms with Crippen LogP contribution in [0.4, 0.5) is 11.5 Å². The zero-order valence-electron chi connectivity index (χ0n) is 15.2. The molecule has 4 rings (SSSR count). The summed E-state index contributed by atoms with van der Waals surface area (Å²) in [5.41, 5.74) is 1.24. The summed E-state index contributed by atoms with van der Waals surface area (Å²) >= 11 is 0. The average Bonchev–Trinajstić information content (AvgIpc) is 3.29. The molecule has 0 saturated carbocycles. The van der Waals surface area contributed by atoms with E-state index in [-0.39, 0.29) is 11.8 Å². The number of carbonyl (C=O) groups is 2. The highest BCUT2D eigenvalue weighted by Crippen LogP contribution is 2.16. The van der Waals surface area contributed by atoms with E-state index in [0.717, 1.165) is 11.5 Å². The number of benzene rings is 1. The minimum atomic E-state index is -0.195. The molecule has 3 aromatic rings. The van der Waals surface area contributed by atoms with Crippen molar-refractivity contribution < 1.29 is 14.0 Å². The third kappa shape index (κ3) is 3.88. The van der Waals surface area contributed by atoms with Gasteiger partial charge in [-0.3, -0.25) is 9.59 Å². The number of nitrogens with one attached hydrogen (secondary N) is 1. The number of rotatable bonds is 4. The predicted molar refractivity (Wildman–Crippen MR) is 105 cm³/mol. The number of pyridine rings is 1. The van der Waals surface area contributed by atoms with Crippen molar-refractivity contribution in [1.82, 2.24) is 9.88 Å². The Balaban J connectivity index is 1.34. The van der Waals surface area contributed by atoms with Crippen molar-refractivity contribution in [2.24, 2.45) is 0 Å². The number of para-hydroxylation sites is 1. The number of aromatic nitrogens is 1. The molecule has 2 aromatic heterocycles. The molecule has 3 heterocycles. The molecule has 1 aliphatic heterocycles. The molecule has 0 bridgehead atoms. The summed E-state index contributed by atoms with van der Waals surface area (Å²) < 4.78 is 5.18. The Morgan fingerprint density at radius 2 is 1.71 bits per heavy atom. The summed E-state index contributed by atoms with van der Waals surface area (Å²) in [7, 11) is 0. The van der Waals surface area contributed by atoms with E-state index < -0.39 is 0 Å². The molecular weight excluding hydrogens is 356 g/mol. The largest absolute Gasteiger partial charge is 0.459 e. The van der Waals surface area contributed by atoms with Crippen molar-refractivity contribution in [2.45, 2.75) is 0 Å². The van der Waals surface area contributed by atoms with Crippen LogP contribution in [0.3, 0.4) is 0 Å². The lowest BCUT2D eigenvalue weighted by Crippen LogP contribution is -2.49. The molecule has 1 aromatic carbocycles. The molecule has 7 nitrogen and oxygen atoms in total. The van der Waals surface area contributed by atoms with Gasteiger partial charge in [0.25, 0.3) is 11.8 Å². The van der Waals surface area contributed by atoms with E-state index in [1.54, 1.807) is 29.3 Å². The number of furan rings is 1. The number of hydrogen-bond donors (Lipinski definition) is 1. The second kappa shape index (κ2) is 7.96. The molecular formula is C21H20N4O3. The highest BCUT2D eigenvalue weighted by atomic mass is 16.3. The van der Waals surface area contributed by atoms with Gasteiger partial charge >= 0.3 is 0 Å². The van der Waals surface area contributed by atoms with Gasteiger partial charge in [-0.25, -0.2) is 4.98 Å². The Morgan fingerprint density at radius 1 is 0.929 bits per heavy atom. The van der Waals surface area contributed by atoms with E-state index in [1.807, 2.05) is 36.4 Å². The van der Waals surface area contributed by atoms with Gasteiger partial charge in [0.05, 0.1) is 11.8 Å². The van der Waals surface area contributed by atoms with E-state index in [4.69, 9.17) is 4.42 Å². The minimum absolute atomic E-state index is 0.0921. The van der Waals surface area contributed by atoms with Crippen LogP contribution in [0, 0.1) is 0 Å². The van der Waals surface area contributed by atoms with Crippen LogP contribution in [-0.4, -0.2) is 47.9 Å². The molecule has 1 fully saturated rings. The Hall–Kier alpha value is -3.61. The Kier molecular flexibility index (Phi) is 5.05. The lowest BCUT2D eigenvalue weighted by atomic mass is 10.2. The smallest absolute Gasteiger partial charge is 0.289 e. The number of anilines is 2. The fourth-order valence-corrected chi connectivity index (χ4v) is 3.13. The Labute approximate surface area is 162 Å². The molecule has 1 saturated heterocycles. The maximum Gasteiger partial charge on any atom is 0.289 e. The first-order chi connectivity index (χ1) is 13.7. The topological polar surface area (TPSA) is 78.7 Å². The van der Waals surface area contributed by atoms with Crippen molar-refractivity contribution >= 4 is 23.3 Å². The Morgan fingerprint density at radius 3 is 2.36 bits per heavy atom. The van der Waals surface area contributed by atoms with Crippen LogP contribution in [0.2, 0.25) is 0 Å². The van der Waals surface area contributed by atoms with Crippen molar-refractivity contribution in [3.05, 3.63) is 78.4 Å². The molecule has 0 spiro atoms. The van der Waals surface area contributed by atoms with Crippen LogP contribution in [0.1, 0.15) is 20.9 Å². The van der Waals surface area contributed by atoms with E-state index in [2.05, 4.69) is 15.2 Å². The van der Waals surface area contributed by atoms with Crippen LogP contribution >= 0.6 is 0 Å². The number of piperazine rings is 1. The average molecular weight is 376 g/mol. The van der Waals surface area contributed by atoms with Gasteiger partial charge in [-0.1, -0.05) is 18.2 Å². The van der Waals surface area contributed by atoms with Crippen molar-refractivity contribution in [3.63, 3.8) is 0 Å². The van der Waals surface area contributed by atoms with E-state index in [1.165, 1.54) is 6.26 Å². The number of amides is 2. The lowest BCUT2D eigenvalue weighted by molar-refractivity contribution is 0.0714. The first kappa shape index (κ1) is 17.8. The molecule has 2 amide bonds. The molecule has 0 aliphatic carbocycles. The van der Waals surface area contributed by atoms with Crippen molar-refractivity contribution in [3.8, 4) is 0 Å². The van der Waals surface area contributed by atoms with E-state index in [9.17, 15) is 9.59 Å². The van der Waals surface area contributed by atoms with Gasteiger partial charge in [-0.2, -0.15) is 0 Å². The summed E-state index contributed by atoms with van der Waals surface area (Å²) in [5, 5.41) is 2.84. The molecule has 7 heteroatoms. The minimum Gasteiger partial charge on any atom is -0.459 e. The van der Waals surface area contributed by atoms with Gasteiger partial charge in [-0.15, -0.1) is 0 Å². The molecule has 0 radical (unpaired) electrons. The standard InChI is InChI=1S/C21H20N4O3/c26-20(23-17-5-2-1-3-6-17)16-8-9-19(22-15-16)24-10-12-25(13-11-24)21(27)18-7-4-14-28-18/h1-9,14-15H,10-13H2,(H,23,26). The predicted octanol–water partition coefficient (Wildman–Crippen LogP) is 2.89. The SMILES string of the molecule is O=C(Nc1ccccc1)c1ccc(N2CCN(C(=O)c3ccco3)CC2)nc1. The van der Waals surface area contributed by atoms with Crippen LogP contribution in [0.15, 0.2) is 71.5 Å². The normalized spacial score (nSPS) is 14.0. The summed E-state index contributed by atoms with van der Waals surface area (Å²) in [6.45, 7) is 2.54. The molecule has 1 N–H and O–H groups in total. The van der Waals surface area contributed by atoms with Crippen LogP contribution < -0.4 is 10.2 Å². The van der Waals surface area contributed by atoms with Crippen LogP contribution in [0.25, 0.3) is 0 Å². The second-order valence-corrected chi connectivity index (χ2v) is 6.48. The fourth-order valence-electron chi connectivity index (χ4n) is 3.13. The maximum absolute atomic E-state index is 12.3. The van der Waals surface area contributed by atoms with Gasteiger partial charge in [0.1, 0.15) is 5.82 Å². The van der Waals surface area contributed by atoms with Gasteiger partial charge in [-0.05, 0) is 36.4 Å². The van der Waals surface area contributed by atoms with Crippen LogP contribution in [0.5, 0.6) is 0 Å². The molecule has 0 unspecified atom stereocenters.